The largest absolute Gasteiger partial charge is 0.391 e. The van der Waals surface area contributed by atoms with Crippen molar-refractivity contribution in [3.63, 3.8) is 0 Å². The molecule has 2 rings (SSSR count). The molecule has 7 heteroatoms. The van der Waals surface area contributed by atoms with Crippen molar-refractivity contribution in [2.24, 2.45) is 5.92 Å². The van der Waals surface area contributed by atoms with Crippen LogP contribution in [0.15, 0.2) is 18.2 Å². The Morgan fingerprint density at radius 1 is 1.42 bits per heavy atom. The Labute approximate surface area is 127 Å². The molecule has 4 nitrogen and oxygen atoms in total. The number of β-amino-alcohol motifs (C(OH)–C–C–N with tert-alkyl or cyclic N) is 1. The highest BCUT2D eigenvalue weighted by molar-refractivity contribution is 6.43. The van der Waals surface area contributed by atoms with E-state index in [1.54, 1.807) is 18.2 Å². The number of carbonyl (C=O) groups is 1. The molecule has 0 saturated carbocycles. The number of aliphatic hydroxyl groups excluding tert-OH is 1. The Balaban J connectivity index is 0.00000180. The Hall–Kier alpha value is -0.520. The highest BCUT2D eigenvalue weighted by Gasteiger charge is 2.25. The number of halogens is 3. The SMILES string of the molecule is Cl.O=C(NCC1CNCC1O)c1cccc(Cl)c1Cl. The molecule has 19 heavy (non-hydrogen) atoms. The Kier molecular flexibility index (Phi) is 6.36. The highest BCUT2D eigenvalue weighted by atomic mass is 35.5. The van der Waals surface area contributed by atoms with Crippen molar-refractivity contribution >= 4 is 41.5 Å². The maximum atomic E-state index is 11.9. The standard InChI is InChI=1S/C12H14Cl2N2O2.ClH/c13-9-3-1-2-8(11(9)14)12(18)16-5-7-4-15-6-10(7)17;/h1-3,7,10,15,17H,4-6H2,(H,16,18);1H. The fraction of sp³-hybridized carbons (Fsp3) is 0.417. The topological polar surface area (TPSA) is 61.4 Å². The second-order valence-electron chi connectivity index (χ2n) is 4.30. The van der Waals surface area contributed by atoms with E-state index in [4.69, 9.17) is 23.2 Å². The van der Waals surface area contributed by atoms with Crippen molar-refractivity contribution in [3.8, 4) is 0 Å². The number of nitrogens with one attached hydrogen (secondary N) is 2. The number of hydrogen-bond donors (Lipinski definition) is 3. The van der Waals surface area contributed by atoms with Crippen LogP contribution in [0.5, 0.6) is 0 Å². The van der Waals surface area contributed by atoms with E-state index < -0.39 is 6.10 Å². The van der Waals surface area contributed by atoms with Crippen LogP contribution in [-0.4, -0.2) is 36.8 Å². The van der Waals surface area contributed by atoms with Crippen molar-refractivity contribution < 1.29 is 9.90 Å². The molecule has 1 aliphatic rings. The quantitative estimate of drug-likeness (QED) is 0.793. The van der Waals surface area contributed by atoms with E-state index in [1.165, 1.54) is 0 Å². The van der Waals surface area contributed by atoms with Crippen molar-refractivity contribution in [3.05, 3.63) is 33.8 Å². The van der Waals surface area contributed by atoms with Gasteiger partial charge in [0.25, 0.3) is 5.91 Å². The summed E-state index contributed by atoms with van der Waals surface area (Å²) in [5, 5.41) is 16.0. The molecule has 2 atom stereocenters. The molecule has 1 amide bonds. The summed E-state index contributed by atoms with van der Waals surface area (Å²) in [6.07, 6.45) is -0.417. The molecule has 1 heterocycles. The van der Waals surface area contributed by atoms with Crippen LogP contribution in [0.2, 0.25) is 10.0 Å². The van der Waals surface area contributed by atoms with E-state index in [1.807, 2.05) is 0 Å². The second kappa shape index (κ2) is 7.31. The van der Waals surface area contributed by atoms with Gasteiger partial charge < -0.3 is 15.7 Å². The molecular formula is C12H15Cl3N2O2. The van der Waals surface area contributed by atoms with E-state index in [0.29, 0.717) is 30.2 Å². The minimum absolute atomic E-state index is 0. The van der Waals surface area contributed by atoms with E-state index >= 15 is 0 Å². The monoisotopic (exact) mass is 324 g/mol. The number of aliphatic hydroxyl groups is 1. The van der Waals surface area contributed by atoms with Gasteiger partial charge in [0.15, 0.2) is 0 Å². The molecule has 0 aromatic heterocycles. The minimum atomic E-state index is -0.417. The zero-order valence-electron chi connectivity index (χ0n) is 10.0. The van der Waals surface area contributed by atoms with Gasteiger partial charge in [0.05, 0.1) is 21.7 Å². The summed E-state index contributed by atoms with van der Waals surface area (Å²) in [4.78, 5) is 11.9. The lowest BCUT2D eigenvalue weighted by Gasteiger charge is -2.14. The van der Waals surface area contributed by atoms with Crippen LogP contribution in [0.25, 0.3) is 0 Å². The molecule has 0 radical (unpaired) electrons. The summed E-state index contributed by atoms with van der Waals surface area (Å²) in [7, 11) is 0. The van der Waals surface area contributed by atoms with Gasteiger partial charge in [-0.2, -0.15) is 0 Å². The molecule has 1 fully saturated rings. The number of benzene rings is 1. The van der Waals surface area contributed by atoms with E-state index in [2.05, 4.69) is 10.6 Å². The number of carbonyl (C=O) groups excluding carboxylic acids is 1. The first-order valence-corrected chi connectivity index (χ1v) is 6.46. The molecule has 1 aromatic rings. The van der Waals surface area contributed by atoms with E-state index in [9.17, 15) is 9.90 Å². The molecule has 1 aliphatic heterocycles. The van der Waals surface area contributed by atoms with Crippen molar-refractivity contribution in [1.82, 2.24) is 10.6 Å². The van der Waals surface area contributed by atoms with Gasteiger partial charge in [-0.05, 0) is 12.1 Å². The van der Waals surface area contributed by atoms with Gasteiger partial charge in [-0.3, -0.25) is 4.79 Å². The average Bonchev–Trinajstić information content (AvgIpc) is 2.75. The first-order valence-electron chi connectivity index (χ1n) is 5.70. The van der Waals surface area contributed by atoms with Gasteiger partial charge >= 0.3 is 0 Å². The van der Waals surface area contributed by atoms with Crippen LogP contribution in [0.4, 0.5) is 0 Å². The zero-order valence-corrected chi connectivity index (χ0v) is 12.4. The normalized spacial score (nSPS) is 21.8. The zero-order chi connectivity index (χ0) is 13.1. The molecule has 1 saturated heterocycles. The van der Waals surface area contributed by atoms with Crippen LogP contribution in [-0.2, 0) is 0 Å². The highest BCUT2D eigenvalue weighted by Crippen LogP contribution is 2.25. The minimum Gasteiger partial charge on any atom is -0.391 e. The van der Waals surface area contributed by atoms with Gasteiger partial charge in [-0.25, -0.2) is 0 Å². The van der Waals surface area contributed by atoms with E-state index in [0.717, 1.165) is 0 Å². The van der Waals surface area contributed by atoms with Crippen molar-refractivity contribution in [2.45, 2.75) is 6.10 Å². The summed E-state index contributed by atoms with van der Waals surface area (Å²) in [6, 6.07) is 4.92. The number of rotatable bonds is 3. The van der Waals surface area contributed by atoms with Crippen LogP contribution >= 0.6 is 35.6 Å². The number of amides is 1. The Bertz CT molecular complexity index is 457. The third-order valence-electron chi connectivity index (χ3n) is 3.03. The molecule has 1 aromatic carbocycles. The predicted octanol–water partition coefficient (Wildman–Crippen LogP) is 1.73. The smallest absolute Gasteiger partial charge is 0.252 e. The van der Waals surface area contributed by atoms with Crippen LogP contribution in [0, 0.1) is 5.92 Å². The first-order chi connectivity index (χ1) is 8.59. The number of hydrogen-bond acceptors (Lipinski definition) is 3. The second-order valence-corrected chi connectivity index (χ2v) is 5.08. The summed E-state index contributed by atoms with van der Waals surface area (Å²) < 4.78 is 0. The molecule has 0 spiro atoms. The third-order valence-corrected chi connectivity index (χ3v) is 3.84. The van der Waals surface area contributed by atoms with Gasteiger partial charge in [-0.1, -0.05) is 29.3 Å². The average molecular weight is 326 g/mol. The molecule has 2 unspecified atom stereocenters. The lowest BCUT2D eigenvalue weighted by Crippen LogP contribution is -2.34. The van der Waals surface area contributed by atoms with Crippen molar-refractivity contribution in [1.29, 1.82) is 0 Å². The van der Waals surface area contributed by atoms with Crippen LogP contribution in [0.1, 0.15) is 10.4 Å². The Morgan fingerprint density at radius 3 is 2.79 bits per heavy atom. The third kappa shape index (κ3) is 3.97. The van der Waals surface area contributed by atoms with Gasteiger partial charge in [0, 0.05) is 25.6 Å². The van der Waals surface area contributed by atoms with Crippen molar-refractivity contribution in [2.75, 3.05) is 19.6 Å². The molecule has 0 aliphatic carbocycles. The van der Waals surface area contributed by atoms with Gasteiger partial charge in [0.2, 0.25) is 0 Å². The van der Waals surface area contributed by atoms with Gasteiger partial charge in [0.1, 0.15) is 0 Å². The fourth-order valence-corrected chi connectivity index (χ4v) is 2.31. The first kappa shape index (κ1) is 16.5. The van der Waals surface area contributed by atoms with Crippen LogP contribution in [0.3, 0.4) is 0 Å². The molecule has 0 bridgehead atoms. The summed E-state index contributed by atoms with van der Waals surface area (Å²) in [6.45, 7) is 1.68. The Morgan fingerprint density at radius 2 is 2.16 bits per heavy atom. The summed E-state index contributed by atoms with van der Waals surface area (Å²) >= 11 is 11.8. The fourth-order valence-electron chi connectivity index (χ4n) is 1.93. The van der Waals surface area contributed by atoms with Crippen LogP contribution < -0.4 is 10.6 Å². The molecule has 106 valence electrons. The maximum absolute atomic E-state index is 11.9. The maximum Gasteiger partial charge on any atom is 0.252 e. The van der Waals surface area contributed by atoms with E-state index in [-0.39, 0.29) is 29.3 Å². The summed E-state index contributed by atoms with van der Waals surface area (Å²) in [5.41, 5.74) is 0.351. The predicted molar refractivity (Wildman–Crippen MR) is 78.4 cm³/mol. The van der Waals surface area contributed by atoms with Gasteiger partial charge in [-0.15, -0.1) is 12.4 Å². The lowest BCUT2D eigenvalue weighted by atomic mass is 10.1. The molecular weight excluding hydrogens is 311 g/mol. The summed E-state index contributed by atoms with van der Waals surface area (Å²) in [5.74, 6) is -0.242. The lowest BCUT2D eigenvalue weighted by molar-refractivity contribution is 0.0927. The molecule has 3 N–H and O–H groups in total.